The van der Waals surface area contributed by atoms with Crippen LogP contribution in [0.3, 0.4) is 0 Å². The quantitative estimate of drug-likeness (QED) is 0.834. The molecule has 0 unspecified atom stereocenters. The van der Waals surface area contributed by atoms with Gasteiger partial charge in [-0.1, -0.05) is 24.3 Å². The van der Waals surface area contributed by atoms with Gasteiger partial charge in [-0.05, 0) is 31.4 Å². The molecule has 3 nitrogen and oxygen atoms in total. The molecule has 0 amide bonds. The zero-order valence-corrected chi connectivity index (χ0v) is 11.3. The maximum absolute atomic E-state index is 5.32. The highest BCUT2D eigenvalue weighted by Gasteiger charge is 2.25. The summed E-state index contributed by atoms with van der Waals surface area (Å²) in [7, 11) is 1.73. The zero-order chi connectivity index (χ0) is 13.2. The zero-order valence-electron chi connectivity index (χ0n) is 11.3. The summed E-state index contributed by atoms with van der Waals surface area (Å²) in [6.45, 7) is 2.05. The molecule has 1 fully saturated rings. The van der Waals surface area contributed by atoms with E-state index in [0.717, 1.165) is 11.3 Å². The van der Waals surface area contributed by atoms with Crippen LogP contribution < -0.4 is 0 Å². The van der Waals surface area contributed by atoms with Crippen LogP contribution in [-0.4, -0.2) is 17.1 Å². The summed E-state index contributed by atoms with van der Waals surface area (Å²) in [6, 6.07) is 10.5. The highest BCUT2D eigenvalue weighted by molar-refractivity contribution is 5.59. The van der Waals surface area contributed by atoms with Gasteiger partial charge in [0, 0.05) is 24.3 Å². The lowest BCUT2D eigenvalue weighted by Gasteiger charge is -2.10. The molecule has 1 heterocycles. The normalized spacial score (nSPS) is 16.3. The van der Waals surface area contributed by atoms with E-state index in [1.165, 1.54) is 24.1 Å². The summed E-state index contributed by atoms with van der Waals surface area (Å²) in [4.78, 5) is 8.73. The third-order valence-electron chi connectivity index (χ3n) is 3.71. The van der Waals surface area contributed by atoms with Gasteiger partial charge in [0.25, 0.3) is 0 Å². The van der Waals surface area contributed by atoms with Crippen LogP contribution in [-0.2, 0) is 4.74 Å². The summed E-state index contributed by atoms with van der Waals surface area (Å²) >= 11 is 0. The van der Waals surface area contributed by atoms with Gasteiger partial charge < -0.3 is 4.74 Å². The van der Waals surface area contributed by atoms with Crippen LogP contribution in [0.4, 0.5) is 0 Å². The van der Waals surface area contributed by atoms with E-state index in [0.29, 0.717) is 5.92 Å². The van der Waals surface area contributed by atoms with Gasteiger partial charge in [0.15, 0.2) is 0 Å². The lowest BCUT2D eigenvalue weighted by Crippen LogP contribution is -1.96. The summed E-state index contributed by atoms with van der Waals surface area (Å²) in [5.41, 5.74) is 4.51. The van der Waals surface area contributed by atoms with Crippen LogP contribution in [0.5, 0.6) is 0 Å². The molecule has 3 heteroatoms. The van der Waals surface area contributed by atoms with Crippen LogP contribution in [0.1, 0.15) is 43.0 Å². The van der Waals surface area contributed by atoms with Crippen LogP contribution in [0.25, 0.3) is 11.3 Å². The van der Waals surface area contributed by atoms with E-state index in [2.05, 4.69) is 40.3 Å². The first kappa shape index (κ1) is 12.3. The van der Waals surface area contributed by atoms with Gasteiger partial charge in [-0.25, -0.2) is 9.97 Å². The Morgan fingerprint density at radius 3 is 2.53 bits per heavy atom. The maximum atomic E-state index is 5.32. The van der Waals surface area contributed by atoms with E-state index in [1.807, 2.05) is 6.92 Å². The molecule has 98 valence electrons. The monoisotopic (exact) mass is 254 g/mol. The lowest BCUT2D eigenvalue weighted by molar-refractivity contribution is 0.119. The molecule has 0 bridgehead atoms. The molecular formula is C16H18N2O. The summed E-state index contributed by atoms with van der Waals surface area (Å²) in [5, 5.41) is 0. The second-order valence-electron chi connectivity index (χ2n) is 5.10. The highest BCUT2D eigenvalue weighted by Crippen LogP contribution is 2.39. The largest absolute Gasteiger partial charge is 0.377 e. The van der Waals surface area contributed by atoms with Crippen molar-refractivity contribution in [1.82, 2.24) is 9.97 Å². The number of benzene rings is 1. The minimum Gasteiger partial charge on any atom is -0.377 e. The number of hydrogen-bond donors (Lipinski definition) is 0. The second kappa shape index (κ2) is 5.10. The van der Waals surface area contributed by atoms with Gasteiger partial charge in [-0.15, -0.1) is 0 Å². The molecule has 1 aromatic carbocycles. The van der Waals surface area contributed by atoms with E-state index < -0.39 is 0 Å². The average molecular weight is 254 g/mol. The molecule has 2 aromatic rings. The van der Waals surface area contributed by atoms with Crippen molar-refractivity contribution < 1.29 is 4.74 Å². The Bertz CT molecular complexity index is 561. The first-order chi connectivity index (χ1) is 9.28. The van der Waals surface area contributed by atoms with Crippen molar-refractivity contribution in [3.63, 3.8) is 0 Å². The van der Waals surface area contributed by atoms with Gasteiger partial charge in [-0.3, -0.25) is 0 Å². The molecule has 1 aromatic heterocycles. The molecule has 1 aliphatic rings. The molecule has 1 aliphatic carbocycles. The molecule has 0 spiro atoms. The fraction of sp³-hybridized carbons (Fsp3) is 0.375. The third-order valence-corrected chi connectivity index (χ3v) is 3.71. The van der Waals surface area contributed by atoms with Crippen molar-refractivity contribution in [2.24, 2.45) is 0 Å². The van der Waals surface area contributed by atoms with E-state index >= 15 is 0 Å². The molecule has 3 rings (SSSR count). The van der Waals surface area contributed by atoms with E-state index in [-0.39, 0.29) is 6.10 Å². The van der Waals surface area contributed by atoms with Crippen molar-refractivity contribution in [1.29, 1.82) is 0 Å². The fourth-order valence-electron chi connectivity index (χ4n) is 2.19. The first-order valence-electron chi connectivity index (χ1n) is 6.73. The summed E-state index contributed by atoms with van der Waals surface area (Å²) < 4.78 is 5.32. The van der Waals surface area contributed by atoms with Crippen molar-refractivity contribution in [2.45, 2.75) is 31.8 Å². The first-order valence-corrected chi connectivity index (χ1v) is 6.73. The molecule has 0 aliphatic heterocycles. The molecular weight excluding hydrogens is 236 g/mol. The molecule has 0 radical (unpaired) electrons. The summed E-state index contributed by atoms with van der Waals surface area (Å²) in [6.07, 6.45) is 4.33. The van der Waals surface area contributed by atoms with Gasteiger partial charge in [-0.2, -0.15) is 0 Å². The number of ether oxygens (including phenoxy) is 1. The molecule has 19 heavy (non-hydrogen) atoms. The van der Waals surface area contributed by atoms with E-state index in [4.69, 9.17) is 4.74 Å². The molecule has 1 saturated carbocycles. The second-order valence-corrected chi connectivity index (χ2v) is 5.10. The lowest BCUT2D eigenvalue weighted by atomic mass is 10.1. The van der Waals surface area contributed by atoms with Crippen molar-refractivity contribution in [3.05, 3.63) is 47.9 Å². The van der Waals surface area contributed by atoms with Gasteiger partial charge in [0.1, 0.15) is 6.33 Å². The van der Waals surface area contributed by atoms with Crippen molar-refractivity contribution in [3.8, 4) is 11.3 Å². The third kappa shape index (κ3) is 2.66. The number of methoxy groups -OCH3 is 1. The Labute approximate surface area is 113 Å². The SMILES string of the molecule is CO[C@H](C)c1ccc(-c2cc(C3CC3)ncn2)cc1. The number of hydrogen-bond acceptors (Lipinski definition) is 3. The van der Waals surface area contributed by atoms with E-state index in [9.17, 15) is 0 Å². The Kier molecular flexibility index (Phi) is 3.30. The van der Waals surface area contributed by atoms with Gasteiger partial charge in [0.2, 0.25) is 0 Å². The predicted molar refractivity (Wildman–Crippen MR) is 74.9 cm³/mol. The minimum absolute atomic E-state index is 0.126. The average Bonchev–Trinajstić information content (AvgIpc) is 3.31. The minimum atomic E-state index is 0.126. The van der Waals surface area contributed by atoms with Gasteiger partial charge in [0.05, 0.1) is 11.8 Å². The number of nitrogens with zero attached hydrogens (tertiary/aromatic N) is 2. The highest BCUT2D eigenvalue weighted by atomic mass is 16.5. The standard InChI is InChI=1S/C16H18N2O/c1-11(19-2)12-3-5-13(6-4-12)15-9-16(14-7-8-14)18-10-17-15/h3-6,9-11,14H,7-8H2,1-2H3/t11-/m1/s1. The molecule has 0 N–H and O–H groups in total. The van der Waals surface area contributed by atoms with Gasteiger partial charge >= 0.3 is 0 Å². The Morgan fingerprint density at radius 2 is 1.89 bits per heavy atom. The molecule has 0 saturated heterocycles. The number of rotatable bonds is 4. The summed E-state index contributed by atoms with van der Waals surface area (Å²) in [5.74, 6) is 0.662. The van der Waals surface area contributed by atoms with Crippen LogP contribution in [0.2, 0.25) is 0 Å². The Morgan fingerprint density at radius 1 is 1.16 bits per heavy atom. The number of aromatic nitrogens is 2. The van der Waals surface area contributed by atoms with Crippen molar-refractivity contribution >= 4 is 0 Å². The Hall–Kier alpha value is -1.74. The maximum Gasteiger partial charge on any atom is 0.116 e. The van der Waals surface area contributed by atoms with E-state index in [1.54, 1.807) is 13.4 Å². The van der Waals surface area contributed by atoms with Crippen LogP contribution in [0, 0.1) is 0 Å². The molecule has 1 atom stereocenters. The van der Waals surface area contributed by atoms with Crippen molar-refractivity contribution in [2.75, 3.05) is 7.11 Å². The smallest absolute Gasteiger partial charge is 0.116 e. The Balaban J connectivity index is 1.87. The van der Waals surface area contributed by atoms with Crippen LogP contribution in [0.15, 0.2) is 36.7 Å². The van der Waals surface area contributed by atoms with Crippen LogP contribution >= 0.6 is 0 Å². The topological polar surface area (TPSA) is 35.0 Å². The fourth-order valence-corrected chi connectivity index (χ4v) is 2.19. The predicted octanol–water partition coefficient (Wildman–Crippen LogP) is 3.73.